The van der Waals surface area contributed by atoms with Crippen molar-refractivity contribution in [2.75, 3.05) is 13.7 Å². The van der Waals surface area contributed by atoms with E-state index in [-0.39, 0.29) is 23.9 Å². The number of benzene rings is 1. The zero-order valence-corrected chi connectivity index (χ0v) is 15.2. The van der Waals surface area contributed by atoms with Crippen LogP contribution in [0.1, 0.15) is 35.4 Å². The number of methoxy groups -OCH3 is 1. The number of hydrogen-bond donors (Lipinski definition) is 2. The van der Waals surface area contributed by atoms with Crippen molar-refractivity contribution in [2.24, 2.45) is 5.73 Å². The number of hydrogen-bond acceptors (Lipinski definition) is 5. The van der Waals surface area contributed by atoms with Crippen LogP contribution in [0.3, 0.4) is 0 Å². The molecule has 1 aliphatic carbocycles. The van der Waals surface area contributed by atoms with E-state index < -0.39 is 0 Å². The van der Waals surface area contributed by atoms with E-state index in [9.17, 15) is 4.79 Å². The number of thiazole rings is 1. The van der Waals surface area contributed by atoms with Gasteiger partial charge in [0.2, 0.25) is 0 Å². The smallest absolute Gasteiger partial charge is 0.263 e. The summed E-state index contributed by atoms with van der Waals surface area (Å²) >= 11 is 1.40. The predicted molar refractivity (Wildman–Crippen MR) is 99.1 cm³/mol. The van der Waals surface area contributed by atoms with Crippen LogP contribution in [0.5, 0.6) is 5.75 Å². The maximum atomic E-state index is 12.5. The van der Waals surface area contributed by atoms with E-state index in [4.69, 9.17) is 10.5 Å². The minimum Gasteiger partial charge on any atom is -0.497 e. The molecule has 3 N–H and O–H groups in total. The molecule has 1 amide bonds. The summed E-state index contributed by atoms with van der Waals surface area (Å²) < 4.78 is 5.15. The van der Waals surface area contributed by atoms with Gasteiger partial charge < -0.3 is 15.8 Å². The van der Waals surface area contributed by atoms with E-state index in [1.807, 2.05) is 24.3 Å². The number of amides is 1. The van der Waals surface area contributed by atoms with Crippen LogP contribution in [0.15, 0.2) is 30.5 Å². The molecule has 0 unspecified atom stereocenters. The predicted octanol–water partition coefficient (Wildman–Crippen LogP) is 3.24. The Morgan fingerprint density at radius 1 is 1.33 bits per heavy atom. The first-order valence-corrected chi connectivity index (χ1v) is 8.60. The third-order valence-electron chi connectivity index (χ3n) is 4.40. The summed E-state index contributed by atoms with van der Waals surface area (Å²) in [5.74, 6) is 0.726. The highest BCUT2D eigenvalue weighted by molar-refractivity contribution is 7.16. The number of halogens is 1. The number of nitrogens with zero attached hydrogens (tertiary/aromatic N) is 1. The van der Waals surface area contributed by atoms with Gasteiger partial charge in [0.05, 0.1) is 18.8 Å². The fourth-order valence-corrected chi connectivity index (χ4v) is 3.80. The summed E-state index contributed by atoms with van der Waals surface area (Å²) in [6.07, 6.45) is 5.80. The van der Waals surface area contributed by atoms with Gasteiger partial charge in [0.15, 0.2) is 0 Å². The molecule has 0 atom stereocenters. The monoisotopic (exact) mass is 367 g/mol. The normalized spacial score (nSPS) is 15.6. The van der Waals surface area contributed by atoms with Crippen LogP contribution in [0.25, 0.3) is 10.6 Å². The third kappa shape index (κ3) is 3.88. The van der Waals surface area contributed by atoms with Crippen molar-refractivity contribution in [1.82, 2.24) is 10.3 Å². The summed E-state index contributed by atoms with van der Waals surface area (Å²) in [5.41, 5.74) is 6.62. The maximum Gasteiger partial charge on any atom is 0.263 e. The summed E-state index contributed by atoms with van der Waals surface area (Å²) in [5, 5.41) is 3.95. The van der Waals surface area contributed by atoms with Gasteiger partial charge in [-0.15, -0.1) is 23.7 Å². The highest BCUT2D eigenvalue weighted by Gasteiger charge is 2.34. The fourth-order valence-electron chi connectivity index (χ4n) is 2.98. The van der Waals surface area contributed by atoms with Gasteiger partial charge in [-0.3, -0.25) is 4.79 Å². The molecule has 1 fully saturated rings. The number of aromatic nitrogens is 1. The Hall–Kier alpha value is -1.63. The molecule has 1 aliphatic rings. The second-order valence-electron chi connectivity index (χ2n) is 5.90. The molecule has 7 heteroatoms. The molecule has 0 saturated heterocycles. The van der Waals surface area contributed by atoms with Crippen molar-refractivity contribution in [3.63, 3.8) is 0 Å². The summed E-state index contributed by atoms with van der Waals surface area (Å²) in [6, 6.07) is 7.66. The third-order valence-corrected chi connectivity index (χ3v) is 5.44. The Bertz CT molecular complexity index is 681. The van der Waals surface area contributed by atoms with E-state index in [1.165, 1.54) is 11.3 Å². The van der Waals surface area contributed by atoms with E-state index in [1.54, 1.807) is 13.3 Å². The van der Waals surface area contributed by atoms with Crippen LogP contribution in [0.4, 0.5) is 0 Å². The van der Waals surface area contributed by atoms with Crippen molar-refractivity contribution in [1.29, 1.82) is 0 Å². The van der Waals surface area contributed by atoms with E-state index in [0.29, 0.717) is 11.4 Å². The lowest BCUT2D eigenvalue weighted by atomic mass is 9.98. The Kier molecular flexibility index (Phi) is 6.21. The second-order valence-corrected chi connectivity index (χ2v) is 6.93. The van der Waals surface area contributed by atoms with Gasteiger partial charge in [-0.1, -0.05) is 12.8 Å². The molecule has 1 heterocycles. The van der Waals surface area contributed by atoms with Crippen LogP contribution in [-0.4, -0.2) is 30.1 Å². The number of carbonyl (C=O) groups excluding carboxylic acids is 1. The number of rotatable bonds is 5. The molecule has 24 heavy (non-hydrogen) atoms. The van der Waals surface area contributed by atoms with Crippen molar-refractivity contribution in [3.05, 3.63) is 35.3 Å². The first kappa shape index (κ1) is 18.7. The van der Waals surface area contributed by atoms with Gasteiger partial charge in [0.25, 0.3) is 5.91 Å². The van der Waals surface area contributed by atoms with Gasteiger partial charge in [0.1, 0.15) is 15.6 Å². The molecule has 2 aromatic rings. The second kappa shape index (κ2) is 7.96. The quantitative estimate of drug-likeness (QED) is 0.850. The lowest BCUT2D eigenvalue weighted by Gasteiger charge is -2.28. The Balaban J connectivity index is 0.00000208. The van der Waals surface area contributed by atoms with Gasteiger partial charge in [-0.25, -0.2) is 4.98 Å². The fraction of sp³-hybridized carbons (Fsp3) is 0.412. The number of nitrogens with two attached hydrogens (primary N) is 1. The molecule has 130 valence electrons. The van der Waals surface area contributed by atoms with E-state index in [0.717, 1.165) is 42.0 Å². The molecule has 5 nitrogen and oxygen atoms in total. The van der Waals surface area contributed by atoms with Crippen LogP contribution in [-0.2, 0) is 0 Å². The molecular weight excluding hydrogens is 346 g/mol. The van der Waals surface area contributed by atoms with Gasteiger partial charge in [0, 0.05) is 12.1 Å². The number of nitrogens with one attached hydrogen (secondary N) is 1. The SMILES string of the molecule is COc1ccc(-c2ncc(C(=O)NC3(CN)CCCC3)s2)cc1.Cl. The molecule has 0 spiro atoms. The topological polar surface area (TPSA) is 77.2 Å². The maximum absolute atomic E-state index is 12.5. The minimum atomic E-state index is -0.235. The molecule has 0 bridgehead atoms. The largest absolute Gasteiger partial charge is 0.497 e. The van der Waals surface area contributed by atoms with Crippen LogP contribution in [0, 0.1) is 0 Å². The molecule has 1 saturated carbocycles. The zero-order chi connectivity index (χ0) is 16.3. The molecule has 0 aliphatic heterocycles. The summed E-state index contributed by atoms with van der Waals surface area (Å²) in [4.78, 5) is 17.5. The number of carbonyl (C=O) groups is 1. The van der Waals surface area contributed by atoms with Crippen LogP contribution in [0.2, 0.25) is 0 Å². The minimum absolute atomic E-state index is 0. The average molecular weight is 368 g/mol. The van der Waals surface area contributed by atoms with Crippen molar-refractivity contribution < 1.29 is 9.53 Å². The Morgan fingerprint density at radius 3 is 2.58 bits per heavy atom. The van der Waals surface area contributed by atoms with Gasteiger partial charge in [-0.05, 0) is 37.1 Å². The van der Waals surface area contributed by atoms with Crippen LogP contribution < -0.4 is 15.8 Å². The lowest BCUT2D eigenvalue weighted by Crippen LogP contribution is -2.51. The Morgan fingerprint density at radius 2 is 2.00 bits per heavy atom. The summed E-state index contributed by atoms with van der Waals surface area (Å²) in [7, 11) is 1.64. The van der Waals surface area contributed by atoms with Gasteiger partial charge in [-0.2, -0.15) is 0 Å². The first-order valence-electron chi connectivity index (χ1n) is 7.79. The van der Waals surface area contributed by atoms with E-state index >= 15 is 0 Å². The van der Waals surface area contributed by atoms with Crippen molar-refractivity contribution in [3.8, 4) is 16.3 Å². The Labute approximate surface area is 152 Å². The highest BCUT2D eigenvalue weighted by atomic mass is 35.5. The molecule has 3 rings (SSSR count). The molecule has 1 aromatic heterocycles. The van der Waals surface area contributed by atoms with Crippen LogP contribution >= 0.6 is 23.7 Å². The molecule has 1 aromatic carbocycles. The van der Waals surface area contributed by atoms with Crippen molar-refractivity contribution in [2.45, 2.75) is 31.2 Å². The lowest BCUT2D eigenvalue weighted by molar-refractivity contribution is 0.0907. The standard InChI is InChI=1S/C17H21N3O2S.ClH/c1-22-13-6-4-12(5-7-13)16-19-10-14(23-16)15(21)20-17(11-18)8-2-3-9-17;/h4-7,10H,2-3,8-9,11,18H2,1H3,(H,20,21);1H. The average Bonchev–Trinajstić information content (AvgIpc) is 3.25. The van der Waals surface area contributed by atoms with Gasteiger partial charge >= 0.3 is 0 Å². The highest BCUT2D eigenvalue weighted by Crippen LogP contribution is 2.30. The zero-order valence-electron chi connectivity index (χ0n) is 13.6. The molecular formula is C17H22ClN3O2S. The van der Waals surface area contributed by atoms with E-state index in [2.05, 4.69) is 10.3 Å². The summed E-state index contributed by atoms with van der Waals surface area (Å²) in [6.45, 7) is 0.489. The first-order chi connectivity index (χ1) is 11.2. The molecule has 0 radical (unpaired) electrons. The van der Waals surface area contributed by atoms with Crippen molar-refractivity contribution >= 4 is 29.7 Å². The number of ether oxygens (including phenoxy) is 1.